The van der Waals surface area contributed by atoms with Crippen LogP contribution in [0.4, 0.5) is 5.69 Å². The van der Waals surface area contributed by atoms with Gasteiger partial charge < -0.3 is 9.64 Å². The highest BCUT2D eigenvalue weighted by Crippen LogP contribution is 2.45. The van der Waals surface area contributed by atoms with Crippen LogP contribution in [0.2, 0.25) is 5.02 Å². The molecule has 1 spiro atoms. The first-order valence-electron chi connectivity index (χ1n) is 11.6. The van der Waals surface area contributed by atoms with Crippen LogP contribution in [0.1, 0.15) is 36.5 Å². The summed E-state index contributed by atoms with van der Waals surface area (Å²) in [6, 6.07) is 21.0. The van der Waals surface area contributed by atoms with E-state index in [0.29, 0.717) is 31.1 Å². The Balaban J connectivity index is 1.61. The topological polar surface area (TPSA) is 75.7 Å². The van der Waals surface area contributed by atoms with E-state index in [1.807, 2.05) is 24.3 Å². The number of amides is 1. The first-order chi connectivity index (χ1) is 16.8. The normalized spacial score (nSPS) is 19.3. The van der Waals surface area contributed by atoms with E-state index in [0.717, 1.165) is 29.8 Å². The number of carbonyl (C=O) groups excluding carboxylic acids is 1. The lowest BCUT2D eigenvalue weighted by molar-refractivity contribution is -0.117. The summed E-state index contributed by atoms with van der Waals surface area (Å²) in [6.07, 6.45) is 2.95. The molecule has 2 aliphatic rings. The van der Waals surface area contributed by atoms with Gasteiger partial charge in [-0.05, 0) is 66.3 Å². The van der Waals surface area contributed by atoms with Crippen LogP contribution in [0.3, 0.4) is 0 Å². The number of aryl methyl sites for hydroxylation is 1. The molecule has 1 aliphatic carbocycles. The fourth-order valence-corrected chi connectivity index (χ4v) is 6.50. The van der Waals surface area contributed by atoms with Gasteiger partial charge in [-0.3, -0.25) is 4.79 Å². The van der Waals surface area contributed by atoms with Gasteiger partial charge in [0.05, 0.1) is 17.2 Å². The fraction of sp³-hybridized carbons (Fsp3) is 0.296. The summed E-state index contributed by atoms with van der Waals surface area (Å²) in [6.45, 7) is 2.92. The number of anilines is 1. The van der Waals surface area contributed by atoms with E-state index in [-0.39, 0.29) is 10.3 Å². The van der Waals surface area contributed by atoms with E-state index in [1.165, 1.54) is 24.1 Å². The maximum atomic E-state index is 12.8. The standard InChI is InChI=1S/C27H27ClN2O4S/c1-19(31)29-35(32,33)23-10-12-26-25(15-23)30(16-20-6-3-2-4-7-20)17-27(18-34-26)13-5-8-21-14-22(28)9-11-24(21)27/h2-4,6-7,9-12,14-15H,5,8,13,16-18H2,1H3,(H,29,31). The van der Waals surface area contributed by atoms with E-state index in [1.54, 1.807) is 12.1 Å². The lowest BCUT2D eigenvalue weighted by atomic mass is 9.70. The number of benzene rings is 3. The number of nitrogens with zero attached hydrogens (tertiary/aromatic N) is 1. The highest BCUT2D eigenvalue weighted by molar-refractivity contribution is 7.90. The zero-order valence-electron chi connectivity index (χ0n) is 19.5. The van der Waals surface area contributed by atoms with Crippen molar-refractivity contribution in [3.05, 3.63) is 88.4 Å². The fourth-order valence-electron chi connectivity index (χ4n) is 5.29. The van der Waals surface area contributed by atoms with Gasteiger partial charge in [-0.1, -0.05) is 48.0 Å². The third kappa shape index (κ3) is 4.75. The summed E-state index contributed by atoms with van der Waals surface area (Å²) < 4.78 is 34.0. The van der Waals surface area contributed by atoms with Gasteiger partial charge in [0.1, 0.15) is 5.75 Å². The van der Waals surface area contributed by atoms with Gasteiger partial charge in [0.15, 0.2) is 0 Å². The van der Waals surface area contributed by atoms with Crippen LogP contribution >= 0.6 is 11.6 Å². The van der Waals surface area contributed by atoms with Gasteiger partial charge >= 0.3 is 0 Å². The summed E-state index contributed by atoms with van der Waals surface area (Å²) in [7, 11) is -3.98. The van der Waals surface area contributed by atoms with Crippen molar-refractivity contribution < 1.29 is 17.9 Å². The number of hydrogen-bond donors (Lipinski definition) is 1. The number of nitrogens with one attached hydrogen (secondary N) is 1. The smallest absolute Gasteiger partial charge is 0.264 e. The van der Waals surface area contributed by atoms with Crippen LogP contribution in [0.5, 0.6) is 5.75 Å². The quantitative estimate of drug-likeness (QED) is 0.543. The maximum absolute atomic E-state index is 12.8. The maximum Gasteiger partial charge on any atom is 0.264 e. The molecule has 3 aromatic rings. The Kier molecular flexibility index (Phi) is 6.23. The molecule has 0 saturated heterocycles. The highest BCUT2D eigenvalue weighted by Gasteiger charge is 2.42. The molecule has 0 aromatic heterocycles. The van der Waals surface area contributed by atoms with E-state index in [2.05, 4.69) is 33.9 Å². The average molecular weight is 511 g/mol. The second-order valence-corrected chi connectivity index (χ2v) is 11.5. The molecule has 0 radical (unpaired) electrons. The van der Waals surface area contributed by atoms with Crippen molar-refractivity contribution in [2.24, 2.45) is 0 Å². The van der Waals surface area contributed by atoms with Crippen LogP contribution in [0.15, 0.2) is 71.6 Å². The third-order valence-corrected chi connectivity index (χ3v) is 8.48. The highest BCUT2D eigenvalue weighted by atomic mass is 35.5. The first-order valence-corrected chi connectivity index (χ1v) is 13.5. The largest absolute Gasteiger partial charge is 0.490 e. The number of hydrogen-bond acceptors (Lipinski definition) is 5. The molecule has 0 saturated carbocycles. The molecule has 1 unspecified atom stereocenters. The predicted octanol–water partition coefficient (Wildman–Crippen LogP) is 4.84. The monoisotopic (exact) mass is 510 g/mol. The van der Waals surface area contributed by atoms with Gasteiger partial charge in [0.25, 0.3) is 10.0 Å². The van der Waals surface area contributed by atoms with Crippen LogP contribution in [-0.2, 0) is 33.2 Å². The average Bonchev–Trinajstić information content (AvgIpc) is 2.96. The number of carbonyl (C=O) groups is 1. The number of rotatable bonds is 4. The lowest BCUT2D eigenvalue weighted by Crippen LogP contribution is -2.45. The molecule has 1 atom stereocenters. The molecule has 6 nitrogen and oxygen atoms in total. The molecule has 1 heterocycles. The van der Waals surface area contributed by atoms with E-state index in [9.17, 15) is 13.2 Å². The Morgan fingerprint density at radius 2 is 1.91 bits per heavy atom. The van der Waals surface area contributed by atoms with Crippen molar-refractivity contribution in [1.29, 1.82) is 0 Å². The molecule has 1 amide bonds. The molecule has 182 valence electrons. The van der Waals surface area contributed by atoms with Gasteiger partial charge in [-0.15, -0.1) is 0 Å². The summed E-state index contributed by atoms with van der Waals surface area (Å²) in [5.41, 5.74) is 4.02. The van der Waals surface area contributed by atoms with Crippen molar-refractivity contribution in [1.82, 2.24) is 4.72 Å². The Morgan fingerprint density at radius 1 is 1.11 bits per heavy atom. The van der Waals surface area contributed by atoms with Crippen LogP contribution in [-0.4, -0.2) is 27.5 Å². The third-order valence-electron chi connectivity index (χ3n) is 6.81. The second kappa shape index (κ2) is 9.21. The summed E-state index contributed by atoms with van der Waals surface area (Å²) >= 11 is 6.31. The number of fused-ring (bicyclic) bond motifs is 3. The minimum Gasteiger partial charge on any atom is -0.490 e. The van der Waals surface area contributed by atoms with Crippen molar-refractivity contribution in [2.75, 3.05) is 18.1 Å². The number of ether oxygens (including phenoxy) is 1. The molecule has 0 fully saturated rings. The molecule has 35 heavy (non-hydrogen) atoms. The van der Waals surface area contributed by atoms with Gasteiger partial charge in [0.2, 0.25) is 5.91 Å². The van der Waals surface area contributed by atoms with Crippen LogP contribution in [0.25, 0.3) is 0 Å². The van der Waals surface area contributed by atoms with Crippen LogP contribution in [0, 0.1) is 0 Å². The zero-order valence-corrected chi connectivity index (χ0v) is 21.0. The Morgan fingerprint density at radius 3 is 2.69 bits per heavy atom. The van der Waals surface area contributed by atoms with E-state index < -0.39 is 15.9 Å². The van der Waals surface area contributed by atoms with Crippen molar-refractivity contribution in [3.8, 4) is 5.75 Å². The molecule has 5 rings (SSSR count). The molecule has 3 aromatic carbocycles. The Hall–Kier alpha value is -3.03. The minimum absolute atomic E-state index is 0.0277. The molecular weight excluding hydrogens is 484 g/mol. The second-order valence-electron chi connectivity index (χ2n) is 9.36. The molecule has 1 aliphatic heterocycles. The molecule has 0 bridgehead atoms. The Bertz CT molecular complexity index is 1380. The summed E-state index contributed by atoms with van der Waals surface area (Å²) in [4.78, 5) is 13.7. The lowest BCUT2D eigenvalue weighted by Gasteiger charge is -2.41. The van der Waals surface area contributed by atoms with E-state index >= 15 is 0 Å². The van der Waals surface area contributed by atoms with Crippen LogP contribution < -0.4 is 14.4 Å². The van der Waals surface area contributed by atoms with Gasteiger partial charge in [-0.2, -0.15) is 0 Å². The number of sulfonamides is 1. The van der Waals surface area contributed by atoms with E-state index in [4.69, 9.17) is 16.3 Å². The van der Waals surface area contributed by atoms with Gasteiger partial charge in [-0.25, -0.2) is 13.1 Å². The summed E-state index contributed by atoms with van der Waals surface area (Å²) in [5, 5.41) is 0.729. The molecule has 1 N–H and O–H groups in total. The van der Waals surface area contributed by atoms with Gasteiger partial charge in [0, 0.05) is 30.5 Å². The van der Waals surface area contributed by atoms with Crippen molar-refractivity contribution in [3.63, 3.8) is 0 Å². The Labute approximate surface area is 210 Å². The predicted molar refractivity (Wildman–Crippen MR) is 136 cm³/mol. The molecule has 8 heteroatoms. The van der Waals surface area contributed by atoms with Crippen molar-refractivity contribution >= 4 is 33.2 Å². The molecular formula is C27H27ClN2O4S. The number of halogens is 1. The SMILES string of the molecule is CC(=O)NS(=O)(=O)c1ccc2c(c1)N(Cc1ccccc1)CC1(CCCc3cc(Cl)ccc31)CO2. The van der Waals surface area contributed by atoms with Crippen molar-refractivity contribution in [2.45, 2.75) is 43.0 Å². The zero-order chi connectivity index (χ0) is 24.6. The summed E-state index contributed by atoms with van der Waals surface area (Å²) in [5.74, 6) is -0.00516. The first kappa shape index (κ1) is 23.7. The minimum atomic E-state index is -3.98.